The van der Waals surface area contributed by atoms with Crippen LogP contribution in [-0.2, 0) is 6.54 Å². The number of hydrogen-bond acceptors (Lipinski definition) is 3. The predicted octanol–water partition coefficient (Wildman–Crippen LogP) is 3.10. The van der Waals surface area contributed by atoms with Crippen LogP contribution in [0.25, 0.3) is 10.8 Å². The maximum Gasteiger partial charge on any atom is 0.136 e. The summed E-state index contributed by atoms with van der Waals surface area (Å²) >= 11 is 0. The molecule has 1 aromatic heterocycles. The van der Waals surface area contributed by atoms with E-state index in [9.17, 15) is 0 Å². The Morgan fingerprint density at radius 2 is 2.05 bits per heavy atom. The summed E-state index contributed by atoms with van der Waals surface area (Å²) < 4.78 is 0. The molecule has 3 nitrogen and oxygen atoms in total. The van der Waals surface area contributed by atoms with Gasteiger partial charge in [0.05, 0.1) is 0 Å². The van der Waals surface area contributed by atoms with Crippen LogP contribution in [0, 0.1) is 0 Å². The summed E-state index contributed by atoms with van der Waals surface area (Å²) in [5, 5.41) is 2.37. The molecule has 1 aromatic carbocycles. The number of fused-ring (bicyclic) bond motifs is 1. The van der Waals surface area contributed by atoms with Gasteiger partial charge in [0.2, 0.25) is 0 Å². The summed E-state index contributed by atoms with van der Waals surface area (Å²) in [6, 6.07) is 8.31. The zero-order chi connectivity index (χ0) is 13.7. The van der Waals surface area contributed by atoms with Gasteiger partial charge in [0, 0.05) is 31.7 Å². The Bertz CT molecular complexity index is 563. The van der Waals surface area contributed by atoms with E-state index in [2.05, 4.69) is 35.6 Å². The number of nitrogens with two attached hydrogens (primary N) is 1. The van der Waals surface area contributed by atoms with Crippen LogP contribution in [0.5, 0.6) is 0 Å². The normalized spacial score (nSPS) is 10.6. The zero-order valence-corrected chi connectivity index (χ0v) is 11.5. The Labute approximate surface area is 114 Å². The molecule has 0 saturated heterocycles. The molecule has 0 saturated carbocycles. The highest BCUT2D eigenvalue weighted by molar-refractivity contribution is 5.94. The molecular weight excluding hydrogens is 234 g/mol. The fraction of sp³-hybridized carbons (Fsp3) is 0.312. The maximum atomic E-state index is 5.78. The molecule has 2 N–H and O–H groups in total. The van der Waals surface area contributed by atoms with Gasteiger partial charge in [0.25, 0.3) is 0 Å². The van der Waals surface area contributed by atoms with Crippen molar-refractivity contribution in [2.24, 2.45) is 5.73 Å². The first-order valence-corrected chi connectivity index (χ1v) is 6.66. The van der Waals surface area contributed by atoms with Gasteiger partial charge in [-0.3, -0.25) is 0 Å². The Hall–Kier alpha value is -1.87. The second kappa shape index (κ2) is 6.34. The molecule has 100 valence electrons. The molecule has 0 fully saturated rings. The molecule has 0 atom stereocenters. The predicted molar refractivity (Wildman–Crippen MR) is 82.3 cm³/mol. The fourth-order valence-corrected chi connectivity index (χ4v) is 2.28. The van der Waals surface area contributed by atoms with Gasteiger partial charge in [-0.15, -0.1) is 6.58 Å². The lowest BCUT2D eigenvalue weighted by Crippen LogP contribution is -2.20. The van der Waals surface area contributed by atoms with Crippen molar-refractivity contribution >= 4 is 16.6 Å². The average Bonchev–Trinajstić information content (AvgIpc) is 2.46. The third kappa shape index (κ3) is 2.93. The van der Waals surface area contributed by atoms with Gasteiger partial charge in [-0.25, -0.2) is 4.98 Å². The molecule has 0 unspecified atom stereocenters. The first-order chi connectivity index (χ1) is 9.27. The number of aromatic nitrogens is 1. The molecule has 0 bridgehead atoms. The highest BCUT2D eigenvalue weighted by atomic mass is 15.2. The van der Waals surface area contributed by atoms with Crippen molar-refractivity contribution in [1.82, 2.24) is 4.98 Å². The van der Waals surface area contributed by atoms with Gasteiger partial charge < -0.3 is 10.6 Å². The summed E-state index contributed by atoms with van der Waals surface area (Å²) in [5.41, 5.74) is 6.87. The summed E-state index contributed by atoms with van der Waals surface area (Å²) in [4.78, 5) is 6.78. The number of allylic oxidation sites excluding steroid dienone is 1. The van der Waals surface area contributed by atoms with Crippen LogP contribution in [0.1, 0.15) is 18.4 Å². The van der Waals surface area contributed by atoms with Crippen LogP contribution in [0.4, 0.5) is 5.82 Å². The Balaban J connectivity index is 2.35. The number of nitrogens with zero attached hydrogens (tertiary/aromatic N) is 2. The first-order valence-electron chi connectivity index (χ1n) is 6.66. The van der Waals surface area contributed by atoms with Gasteiger partial charge in [-0.2, -0.15) is 0 Å². The zero-order valence-electron chi connectivity index (χ0n) is 11.5. The third-order valence-electron chi connectivity index (χ3n) is 3.34. The fourth-order valence-electron chi connectivity index (χ4n) is 2.28. The molecule has 3 heteroatoms. The van der Waals surface area contributed by atoms with Crippen LogP contribution in [0.2, 0.25) is 0 Å². The van der Waals surface area contributed by atoms with Crippen LogP contribution in [-0.4, -0.2) is 18.6 Å². The number of unbranched alkanes of at least 4 members (excludes halogenated alkanes) is 1. The summed E-state index contributed by atoms with van der Waals surface area (Å²) in [6.45, 7) is 5.25. The van der Waals surface area contributed by atoms with Crippen molar-refractivity contribution < 1.29 is 0 Å². The Kier molecular flexibility index (Phi) is 4.53. The molecule has 19 heavy (non-hydrogen) atoms. The minimum absolute atomic E-state index is 0.522. The van der Waals surface area contributed by atoms with E-state index in [0.29, 0.717) is 6.54 Å². The van der Waals surface area contributed by atoms with Crippen molar-refractivity contribution in [3.63, 3.8) is 0 Å². The van der Waals surface area contributed by atoms with E-state index in [0.717, 1.165) is 30.8 Å². The molecule has 2 aromatic rings. The van der Waals surface area contributed by atoms with Gasteiger partial charge in [-0.05, 0) is 23.8 Å². The van der Waals surface area contributed by atoms with Crippen LogP contribution in [0.3, 0.4) is 0 Å². The van der Waals surface area contributed by atoms with Crippen molar-refractivity contribution in [2.45, 2.75) is 19.4 Å². The standard InChI is InChI=1S/C16H21N3/c1-3-4-7-10-19(2)16-15-9-6-5-8-14(15)13(11-17)12-18-16/h3,5-6,8-9,12H,1,4,7,10-11,17H2,2H3. The number of benzene rings is 1. The highest BCUT2D eigenvalue weighted by Gasteiger charge is 2.09. The lowest BCUT2D eigenvalue weighted by Gasteiger charge is -2.20. The minimum atomic E-state index is 0.522. The van der Waals surface area contributed by atoms with Crippen molar-refractivity contribution in [1.29, 1.82) is 0 Å². The summed E-state index contributed by atoms with van der Waals surface area (Å²) in [5.74, 6) is 1.02. The summed E-state index contributed by atoms with van der Waals surface area (Å²) in [7, 11) is 2.08. The number of hydrogen-bond donors (Lipinski definition) is 1. The average molecular weight is 255 g/mol. The lowest BCUT2D eigenvalue weighted by molar-refractivity contribution is 0.794. The van der Waals surface area contributed by atoms with E-state index in [1.165, 1.54) is 10.8 Å². The Morgan fingerprint density at radius 1 is 1.32 bits per heavy atom. The second-order valence-corrected chi connectivity index (χ2v) is 4.71. The van der Waals surface area contributed by atoms with Gasteiger partial charge >= 0.3 is 0 Å². The topological polar surface area (TPSA) is 42.2 Å². The molecule has 1 heterocycles. The smallest absolute Gasteiger partial charge is 0.136 e. The highest BCUT2D eigenvalue weighted by Crippen LogP contribution is 2.26. The van der Waals surface area contributed by atoms with Crippen LogP contribution in [0.15, 0.2) is 43.1 Å². The largest absolute Gasteiger partial charge is 0.359 e. The molecule has 0 radical (unpaired) electrons. The third-order valence-corrected chi connectivity index (χ3v) is 3.34. The molecule has 0 aliphatic heterocycles. The van der Waals surface area contributed by atoms with E-state index in [1.807, 2.05) is 24.4 Å². The van der Waals surface area contributed by atoms with E-state index in [4.69, 9.17) is 5.73 Å². The quantitative estimate of drug-likeness (QED) is 0.637. The molecule has 2 rings (SSSR count). The van der Waals surface area contributed by atoms with Crippen molar-refractivity contribution in [3.8, 4) is 0 Å². The number of anilines is 1. The van der Waals surface area contributed by atoms with Gasteiger partial charge in [0.15, 0.2) is 0 Å². The van der Waals surface area contributed by atoms with E-state index in [1.54, 1.807) is 0 Å². The lowest BCUT2D eigenvalue weighted by atomic mass is 10.1. The van der Waals surface area contributed by atoms with E-state index < -0.39 is 0 Å². The monoisotopic (exact) mass is 255 g/mol. The van der Waals surface area contributed by atoms with E-state index >= 15 is 0 Å². The van der Waals surface area contributed by atoms with Crippen LogP contribution < -0.4 is 10.6 Å². The minimum Gasteiger partial charge on any atom is -0.359 e. The second-order valence-electron chi connectivity index (χ2n) is 4.71. The Morgan fingerprint density at radius 3 is 2.74 bits per heavy atom. The van der Waals surface area contributed by atoms with E-state index in [-0.39, 0.29) is 0 Å². The SMILES string of the molecule is C=CCCCN(C)c1ncc(CN)c2ccccc12. The molecule has 0 aliphatic rings. The van der Waals surface area contributed by atoms with Crippen molar-refractivity contribution in [3.05, 3.63) is 48.7 Å². The first kappa shape index (κ1) is 13.6. The maximum absolute atomic E-state index is 5.78. The number of rotatable bonds is 6. The van der Waals surface area contributed by atoms with Crippen molar-refractivity contribution in [2.75, 3.05) is 18.5 Å². The van der Waals surface area contributed by atoms with Gasteiger partial charge in [-0.1, -0.05) is 30.3 Å². The molecule has 0 aliphatic carbocycles. The number of pyridine rings is 1. The van der Waals surface area contributed by atoms with Crippen LogP contribution >= 0.6 is 0 Å². The molecule has 0 spiro atoms. The summed E-state index contributed by atoms with van der Waals surface area (Å²) in [6.07, 6.45) is 5.97. The molecular formula is C16H21N3. The molecule has 0 amide bonds. The van der Waals surface area contributed by atoms with Gasteiger partial charge in [0.1, 0.15) is 5.82 Å².